The lowest BCUT2D eigenvalue weighted by Gasteiger charge is -2.16. The Hall–Kier alpha value is -1.13. The Morgan fingerprint density at radius 1 is 1.15 bits per heavy atom. The molecule has 0 saturated heterocycles. The molecule has 1 aromatic carbocycles. The van der Waals surface area contributed by atoms with Gasteiger partial charge in [-0.3, -0.25) is 0 Å². The molecule has 0 fully saturated rings. The summed E-state index contributed by atoms with van der Waals surface area (Å²) in [5.41, 5.74) is 0.828. The number of rotatable bonds is 9. The quantitative estimate of drug-likeness (QED) is 0.703. The number of ether oxygens (including phenoxy) is 2. The fraction of sp³-hybridized carbons (Fsp3) is 0.625. The Labute approximate surface area is 121 Å². The normalized spacial score (nSPS) is 12.7. The summed E-state index contributed by atoms with van der Waals surface area (Å²) in [7, 11) is 1.84. The molecule has 3 nitrogen and oxygen atoms in total. The topological polar surface area (TPSA) is 30.5 Å². The molecule has 20 heavy (non-hydrogen) atoms. The Morgan fingerprint density at radius 2 is 1.90 bits per heavy atom. The van der Waals surface area contributed by atoms with E-state index in [-0.39, 0.29) is 11.9 Å². The van der Waals surface area contributed by atoms with Crippen molar-refractivity contribution in [2.75, 3.05) is 26.9 Å². The highest BCUT2D eigenvalue weighted by atomic mass is 19.1. The number of benzene rings is 1. The fourth-order valence-corrected chi connectivity index (χ4v) is 1.78. The standard InChI is InChI=1S/C16H26FNO2/c1-12(2)7-8-19-9-10-20-16-6-5-14(17)11-15(16)13(3)18-4/h5-6,11-13,18H,7-10H2,1-4H3. The van der Waals surface area contributed by atoms with Crippen LogP contribution < -0.4 is 10.1 Å². The third kappa shape index (κ3) is 5.88. The van der Waals surface area contributed by atoms with Crippen LogP contribution in [0.4, 0.5) is 4.39 Å². The average Bonchev–Trinajstić information content (AvgIpc) is 2.42. The van der Waals surface area contributed by atoms with Gasteiger partial charge in [-0.2, -0.15) is 0 Å². The minimum Gasteiger partial charge on any atom is -0.491 e. The first kappa shape index (κ1) is 16.9. The van der Waals surface area contributed by atoms with Crippen LogP contribution in [-0.2, 0) is 4.74 Å². The number of hydrogen-bond acceptors (Lipinski definition) is 3. The molecule has 0 spiro atoms. The van der Waals surface area contributed by atoms with Crippen molar-refractivity contribution in [1.82, 2.24) is 5.32 Å². The molecule has 0 heterocycles. The van der Waals surface area contributed by atoms with E-state index >= 15 is 0 Å². The molecule has 1 atom stereocenters. The summed E-state index contributed by atoms with van der Waals surface area (Å²) in [6.07, 6.45) is 1.05. The maximum atomic E-state index is 13.3. The van der Waals surface area contributed by atoms with Crippen LogP contribution in [0.1, 0.15) is 38.8 Å². The van der Waals surface area contributed by atoms with Gasteiger partial charge >= 0.3 is 0 Å². The lowest BCUT2D eigenvalue weighted by atomic mass is 10.1. The molecule has 4 heteroatoms. The molecular formula is C16H26FNO2. The van der Waals surface area contributed by atoms with Crippen molar-refractivity contribution in [1.29, 1.82) is 0 Å². The van der Waals surface area contributed by atoms with E-state index in [9.17, 15) is 4.39 Å². The van der Waals surface area contributed by atoms with Gasteiger partial charge in [0.25, 0.3) is 0 Å². The van der Waals surface area contributed by atoms with Crippen LogP contribution in [0.3, 0.4) is 0 Å². The van der Waals surface area contributed by atoms with Gasteiger partial charge in [-0.05, 0) is 44.5 Å². The molecular weight excluding hydrogens is 257 g/mol. The minimum atomic E-state index is -0.248. The van der Waals surface area contributed by atoms with E-state index in [1.165, 1.54) is 12.1 Å². The molecule has 1 aromatic rings. The van der Waals surface area contributed by atoms with Crippen LogP contribution in [0.25, 0.3) is 0 Å². The van der Waals surface area contributed by atoms with Crippen LogP contribution in [0.5, 0.6) is 5.75 Å². The molecule has 0 aromatic heterocycles. The van der Waals surface area contributed by atoms with Crippen molar-refractivity contribution in [3.8, 4) is 5.75 Å². The van der Waals surface area contributed by atoms with Gasteiger partial charge in [0.05, 0.1) is 6.61 Å². The molecule has 0 saturated carbocycles. The smallest absolute Gasteiger partial charge is 0.124 e. The Bertz CT molecular complexity index is 396. The van der Waals surface area contributed by atoms with Gasteiger partial charge in [0.2, 0.25) is 0 Å². The van der Waals surface area contributed by atoms with Gasteiger partial charge in [0, 0.05) is 18.2 Å². The maximum Gasteiger partial charge on any atom is 0.124 e. The SMILES string of the molecule is CNC(C)c1cc(F)ccc1OCCOCCC(C)C. The van der Waals surface area contributed by atoms with E-state index in [2.05, 4.69) is 19.2 Å². The zero-order chi connectivity index (χ0) is 15.0. The second-order valence-corrected chi connectivity index (χ2v) is 5.34. The first-order valence-corrected chi connectivity index (χ1v) is 7.21. The lowest BCUT2D eigenvalue weighted by Crippen LogP contribution is -2.15. The summed E-state index contributed by atoms with van der Waals surface area (Å²) in [5, 5.41) is 3.09. The van der Waals surface area contributed by atoms with Gasteiger partial charge in [-0.25, -0.2) is 4.39 Å². The summed E-state index contributed by atoms with van der Waals surface area (Å²) in [6.45, 7) is 8.10. The van der Waals surface area contributed by atoms with Crippen LogP contribution in [0.2, 0.25) is 0 Å². The third-order valence-corrected chi connectivity index (χ3v) is 3.20. The van der Waals surface area contributed by atoms with Gasteiger partial charge in [0.1, 0.15) is 18.2 Å². The first-order chi connectivity index (χ1) is 9.54. The second-order valence-electron chi connectivity index (χ2n) is 5.34. The van der Waals surface area contributed by atoms with E-state index < -0.39 is 0 Å². The molecule has 0 aliphatic carbocycles. The van der Waals surface area contributed by atoms with Crippen molar-refractivity contribution in [3.63, 3.8) is 0 Å². The minimum absolute atomic E-state index is 0.0440. The van der Waals surface area contributed by atoms with Gasteiger partial charge in [-0.1, -0.05) is 13.8 Å². The summed E-state index contributed by atoms with van der Waals surface area (Å²) in [6, 6.07) is 4.64. The predicted molar refractivity (Wildman–Crippen MR) is 79.6 cm³/mol. The van der Waals surface area contributed by atoms with E-state index in [0.717, 1.165) is 18.6 Å². The molecule has 0 radical (unpaired) electrons. The van der Waals surface area contributed by atoms with E-state index in [1.54, 1.807) is 6.07 Å². The predicted octanol–water partition coefficient (Wildman–Crippen LogP) is 3.55. The highest BCUT2D eigenvalue weighted by Crippen LogP contribution is 2.25. The summed E-state index contributed by atoms with van der Waals surface area (Å²) in [5.74, 6) is 1.11. The van der Waals surface area contributed by atoms with Crippen LogP contribution in [0.15, 0.2) is 18.2 Å². The number of hydrogen-bond donors (Lipinski definition) is 1. The largest absolute Gasteiger partial charge is 0.491 e. The molecule has 0 bridgehead atoms. The Morgan fingerprint density at radius 3 is 2.55 bits per heavy atom. The zero-order valence-corrected chi connectivity index (χ0v) is 12.9. The Kier molecular flexibility index (Phi) is 7.55. The molecule has 0 amide bonds. The molecule has 0 aliphatic heterocycles. The first-order valence-electron chi connectivity index (χ1n) is 7.21. The van der Waals surface area contributed by atoms with Gasteiger partial charge < -0.3 is 14.8 Å². The molecule has 0 aliphatic rings. The van der Waals surface area contributed by atoms with Crippen molar-refractivity contribution < 1.29 is 13.9 Å². The van der Waals surface area contributed by atoms with Gasteiger partial charge in [-0.15, -0.1) is 0 Å². The highest BCUT2D eigenvalue weighted by Gasteiger charge is 2.11. The Balaban J connectivity index is 2.43. The second kappa shape index (κ2) is 8.93. The molecule has 114 valence electrons. The van der Waals surface area contributed by atoms with Crippen LogP contribution in [0, 0.1) is 11.7 Å². The molecule has 1 unspecified atom stereocenters. The van der Waals surface area contributed by atoms with Crippen molar-refractivity contribution in [2.24, 2.45) is 5.92 Å². The highest BCUT2D eigenvalue weighted by molar-refractivity contribution is 5.36. The van der Waals surface area contributed by atoms with Crippen LogP contribution in [-0.4, -0.2) is 26.9 Å². The maximum absolute atomic E-state index is 13.3. The van der Waals surface area contributed by atoms with Gasteiger partial charge in [0.15, 0.2) is 0 Å². The van der Waals surface area contributed by atoms with Crippen molar-refractivity contribution in [3.05, 3.63) is 29.6 Å². The van der Waals surface area contributed by atoms with E-state index in [4.69, 9.17) is 9.47 Å². The average molecular weight is 283 g/mol. The monoisotopic (exact) mass is 283 g/mol. The van der Waals surface area contributed by atoms with E-state index in [1.807, 2.05) is 14.0 Å². The number of nitrogens with one attached hydrogen (secondary N) is 1. The lowest BCUT2D eigenvalue weighted by molar-refractivity contribution is 0.0921. The van der Waals surface area contributed by atoms with Crippen molar-refractivity contribution in [2.45, 2.75) is 33.2 Å². The van der Waals surface area contributed by atoms with Crippen molar-refractivity contribution >= 4 is 0 Å². The number of halogens is 1. The zero-order valence-electron chi connectivity index (χ0n) is 12.9. The fourth-order valence-electron chi connectivity index (χ4n) is 1.78. The molecule has 1 rings (SSSR count). The summed E-state index contributed by atoms with van der Waals surface area (Å²) in [4.78, 5) is 0. The summed E-state index contributed by atoms with van der Waals surface area (Å²) >= 11 is 0. The summed E-state index contributed by atoms with van der Waals surface area (Å²) < 4.78 is 24.5. The van der Waals surface area contributed by atoms with E-state index in [0.29, 0.717) is 24.9 Å². The third-order valence-electron chi connectivity index (χ3n) is 3.20. The molecule has 1 N–H and O–H groups in total. The van der Waals surface area contributed by atoms with Crippen LogP contribution >= 0.6 is 0 Å².